The van der Waals surface area contributed by atoms with Crippen LogP contribution in [0.15, 0.2) is 30.3 Å². The number of nitrogens with zero attached hydrogens (tertiary/aromatic N) is 1. The van der Waals surface area contributed by atoms with Crippen LogP contribution in [0.2, 0.25) is 0 Å². The zero-order valence-electron chi connectivity index (χ0n) is 10.6. The third kappa shape index (κ3) is 4.40. The highest BCUT2D eigenvalue weighted by Crippen LogP contribution is 2.11. The molecule has 1 unspecified atom stereocenters. The van der Waals surface area contributed by atoms with Gasteiger partial charge in [-0.3, -0.25) is 4.90 Å². The lowest BCUT2D eigenvalue weighted by atomic mass is 10.2. The summed E-state index contributed by atoms with van der Waals surface area (Å²) in [5.41, 5.74) is 1.25. The summed E-state index contributed by atoms with van der Waals surface area (Å²) in [6.07, 6.45) is 1.06. The van der Waals surface area contributed by atoms with Crippen molar-refractivity contribution in [1.82, 2.24) is 4.90 Å². The van der Waals surface area contributed by atoms with Gasteiger partial charge in [0.1, 0.15) is 9.84 Å². The Morgan fingerprint density at radius 2 is 2.06 bits per heavy atom. The fraction of sp³-hybridized carbons (Fsp3) is 0.538. The first-order chi connectivity index (χ1) is 8.53. The summed E-state index contributed by atoms with van der Waals surface area (Å²) >= 11 is 0. The summed E-state index contributed by atoms with van der Waals surface area (Å²) in [5, 5.41) is 0. The monoisotopic (exact) mass is 269 g/mol. The van der Waals surface area contributed by atoms with Crippen LogP contribution in [0.1, 0.15) is 5.56 Å². The highest BCUT2D eigenvalue weighted by atomic mass is 32.2. The van der Waals surface area contributed by atoms with E-state index in [4.69, 9.17) is 4.74 Å². The van der Waals surface area contributed by atoms with E-state index in [0.29, 0.717) is 13.2 Å². The van der Waals surface area contributed by atoms with Crippen LogP contribution in [0.3, 0.4) is 0 Å². The molecule has 18 heavy (non-hydrogen) atoms. The zero-order chi connectivity index (χ0) is 13.0. The van der Waals surface area contributed by atoms with Gasteiger partial charge in [0, 0.05) is 25.9 Å². The Labute approximate surface area is 108 Å². The quantitative estimate of drug-likeness (QED) is 0.816. The minimum absolute atomic E-state index is 0.109. The highest BCUT2D eigenvalue weighted by Gasteiger charge is 2.23. The first kappa shape index (κ1) is 13.5. The molecule has 1 saturated heterocycles. The van der Waals surface area contributed by atoms with Gasteiger partial charge in [-0.25, -0.2) is 8.42 Å². The standard InChI is InChI=1S/C13H19NO3S/c1-18(15,16)11-13-10-14(7-8-17-13)9-12-5-3-2-4-6-12/h2-6,13H,7-11H2,1H3. The van der Waals surface area contributed by atoms with Crippen molar-refractivity contribution in [3.05, 3.63) is 35.9 Å². The fourth-order valence-electron chi connectivity index (χ4n) is 2.20. The van der Waals surface area contributed by atoms with Crippen molar-refractivity contribution in [1.29, 1.82) is 0 Å². The summed E-state index contributed by atoms with van der Waals surface area (Å²) < 4.78 is 28.0. The number of hydrogen-bond acceptors (Lipinski definition) is 4. The van der Waals surface area contributed by atoms with Crippen LogP contribution in [-0.2, 0) is 21.1 Å². The van der Waals surface area contributed by atoms with E-state index in [0.717, 1.165) is 13.1 Å². The number of benzene rings is 1. The Kier molecular flexibility index (Phi) is 4.37. The van der Waals surface area contributed by atoms with E-state index in [-0.39, 0.29) is 11.9 Å². The molecule has 1 aliphatic heterocycles. The highest BCUT2D eigenvalue weighted by molar-refractivity contribution is 7.90. The van der Waals surface area contributed by atoms with Crippen LogP contribution < -0.4 is 0 Å². The SMILES string of the molecule is CS(=O)(=O)CC1CN(Cc2ccccc2)CCO1. The molecular weight excluding hydrogens is 250 g/mol. The third-order valence-electron chi connectivity index (χ3n) is 2.96. The molecule has 0 bridgehead atoms. The maximum Gasteiger partial charge on any atom is 0.150 e. The van der Waals surface area contributed by atoms with Crippen LogP contribution in [-0.4, -0.2) is 51.1 Å². The zero-order valence-corrected chi connectivity index (χ0v) is 11.4. The van der Waals surface area contributed by atoms with E-state index in [1.165, 1.54) is 11.8 Å². The molecule has 1 fully saturated rings. The molecule has 1 aromatic rings. The van der Waals surface area contributed by atoms with E-state index in [1.54, 1.807) is 0 Å². The second-order valence-electron chi connectivity index (χ2n) is 4.81. The molecule has 1 aromatic carbocycles. The maximum absolute atomic E-state index is 11.3. The van der Waals surface area contributed by atoms with Gasteiger partial charge in [-0.15, -0.1) is 0 Å². The van der Waals surface area contributed by atoms with Gasteiger partial charge in [-0.05, 0) is 5.56 Å². The maximum atomic E-state index is 11.3. The normalized spacial score (nSPS) is 21.9. The van der Waals surface area contributed by atoms with Crippen molar-refractivity contribution < 1.29 is 13.2 Å². The molecule has 0 aromatic heterocycles. The minimum atomic E-state index is -2.97. The first-order valence-electron chi connectivity index (χ1n) is 6.08. The number of sulfone groups is 1. The van der Waals surface area contributed by atoms with Gasteiger partial charge >= 0.3 is 0 Å². The van der Waals surface area contributed by atoms with E-state index in [1.807, 2.05) is 18.2 Å². The average molecular weight is 269 g/mol. The molecule has 100 valence electrons. The molecule has 0 aliphatic carbocycles. The van der Waals surface area contributed by atoms with Crippen molar-refractivity contribution in [2.24, 2.45) is 0 Å². The summed E-state index contributed by atoms with van der Waals surface area (Å²) in [5.74, 6) is 0.109. The first-order valence-corrected chi connectivity index (χ1v) is 8.14. The molecule has 0 saturated carbocycles. The lowest BCUT2D eigenvalue weighted by Gasteiger charge is -2.32. The molecular formula is C13H19NO3S. The average Bonchev–Trinajstić information content (AvgIpc) is 2.28. The van der Waals surface area contributed by atoms with Crippen molar-refractivity contribution in [2.75, 3.05) is 31.7 Å². The Balaban J connectivity index is 1.91. The van der Waals surface area contributed by atoms with Crippen LogP contribution in [0, 0.1) is 0 Å². The fourth-order valence-corrected chi connectivity index (χ4v) is 3.08. The topological polar surface area (TPSA) is 46.6 Å². The largest absolute Gasteiger partial charge is 0.374 e. The number of ether oxygens (including phenoxy) is 1. The van der Waals surface area contributed by atoms with Crippen molar-refractivity contribution in [3.63, 3.8) is 0 Å². The predicted octanol–water partition coefficient (Wildman–Crippen LogP) is 0.932. The predicted molar refractivity (Wildman–Crippen MR) is 71.2 cm³/mol. The minimum Gasteiger partial charge on any atom is -0.374 e. The number of morpholine rings is 1. The second-order valence-corrected chi connectivity index (χ2v) is 6.99. The van der Waals surface area contributed by atoms with Crippen LogP contribution in [0.4, 0.5) is 0 Å². The van der Waals surface area contributed by atoms with E-state index >= 15 is 0 Å². The van der Waals surface area contributed by atoms with E-state index in [2.05, 4.69) is 17.0 Å². The lowest BCUT2D eigenvalue weighted by molar-refractivity contribution is -0.0194. The third-order valence-corrected chi connectivity index (χ3v) is 3.94. The summed E-state index contributed by atoms with van der Waals surface area (Å²) in [6, 6.07) is 10.2. The van der Waals surface area contributed by atoms with Gasteiger partial charge in [-0.2, -0.15) is 0 Å². The van der Waals surface area contributed by atoms with Gasteiger partial charge < -0.3 is 4.74 Å². The Bertz CT molecular complexity index is 472. The smallest absolute Gasteiger partial charge is 0.150 e. The van der Waals surface area contributed by atoms with Crippen LogP contribution in [0.5, 0.6) is 0 Å². The summed E-state index contributed by atoms with van der Waals surface area (Å²) in [7, 11) is -2.97. The van der Waals surface area contributed by atoms with Crippen molar-refractivity contribution in [3.8, 4) is 0 Å². The second kappa shape index (κ2) is 5.82. The van der Waals surface area contributed by atoms with Gasteiger partial charge in [0.05, 0.1) is 18.5 Å². The Morgan fingerprint density at radius 1 is 1.33 bits per heavy atom. The van der Waals surface area contributed by atoms with Crippen LogP contribution >= 0.6 is 0 Å². The van der Waals surface area contributed by atoms with Gasteiger partial charge in [0.25, 0.3) is 0 Å². The molecule has 0 spiro atoms. The Hall–Kier alpha value is -0.910. The molecule has 0 N–H and O–H groups in total. The molecule has 4 nitrogen and oxygen atoms in total. The van der Waals surface area contributed by atoms with E-state index in [9.17, 15) is 8.42 Å². The van der Waals surface area contributed by atoms with Crippen molar-refractivity contribution in [2.45, 2.75) is 12.6 Å². The van der Waals surface area contributed by atoms with Gasteiger partial charge in [0.2, 0.25) is 0 Å². The summed E-state index contributed by atoms with van der Waals surface area (Å²) in [6.45, 7) is 2.99. The number of hydrogen-bond donors (Lipinski definition) is 0. The molecule has 0 radical (unpaired) electrons. The molecule has 1 aliphatic rings. The lowest BCUT2D eigenvalue weighted by Crippen LogP contribution is -2.44. The van der Waals surface area contributed by atoms with E-state index < -0.39 is 9.84 Å². The molecule has 0 amide bonds. The van der Waals surface area contributed by atoms with Gasteiger partial charge in [-0.1, -0.05) is 30.3 Å². The molecule has 5 heteroatoms. The molecule has 1 atom stereocenters. The molecule has 1 heterocycles. The Morgan fingerprint density at radius 3 is 2.72 bits per heavy atom. The summed E-state index contributed by atoms with van der Waals surface area (Å²) in [4.78, 5) is 2.24. The van der Waals surface area contributed by atoms with Crippen molar-refractivity contribution >= 4 is 9.84 Å². The number of rotatable bonds is 4. The van der Waals surface area contributed by atoms with Crippen LogP contribution in [0.25, 0.3) is 0 Å². The molecule has 2 rings (SSSR count). The van der Waals surface area contributed by atoms with Gasteiger partial charge in [0.15, 0.2) is 0 Å².